The van der Waals surface area contributed by atoms with E-state index < -0.39 is 0 Å². The molecular formula is C16H18BrNO. The van der Waals surface area contributed by atoms with Crippen LogP contribution in [0.2, 0.25) is 0 Å². The van der Waals surface area contributed by atoms with E-state index in [4.69, 9.17) is 4.84 Å². The number of hydrogen-bond acceptors (Lipinski definition) is 2. The number of hydroxylamine groups is 1. The van der Waals surface area contributed by atoms with Crippen molar-refractivity contribution in [2.45, 2.75) is 26.0 Å². The van der Waals surface area contributed by atoms with Crippen molar-refractivity contribution >= 4 is 15.9 Å². The van der Waals surface area contributed by atoms with Crippen LogP contribution in [0.1, 0.15) is 18.1 Å². The molecule has 0 aliphatic carbocycles. The van der Waals surface area contributed by atoms with E-state index in [2.05, 4.69) is 64.7 Å². The average Bonchev–Trinajstić information content (AvgIpc) is 2.43. The highest BCUT2D eigenvalue weighted by atomic mass is 79.9. The second kappa shape index (κ2) is 7.43. The van der Waals surface area contributed by atoms with Gasteiger partial charge in [0.15, 0.2) is 0 Å². The van der Waals surface area contributed by atoms with Gasteiger partial charge in [-0.25, -0.2) is 0 Å². The van der Waals surface area contributed by atoms with Crippen molar-refractivity contribution in [1.82, 2.24) is 5.48 Å². The van der Waals surface area contributed by atoms with Gasteiger partial charge in [0.1, 0.15) is 0 Å². The Labute approximate surface area is 122 Å². The van der Waals surface area contributed by atoms with Crippen LogP contribution < -0.4 is 5.48 Å². The van der Waals surface area contributed by atoms with E-state index in [0.717, 1.165) is 10.9 Å². The van der Waals surface area contributed by atoms with Gasteiger partial charge in [0.2, 0.25) is 0 Å². The summed E-state index contributed by atoms with van der Waals surface area (Å²) < 4.78 is 1.11. The molecule has 2 rings (SSSR count). The van der Waals surface area contributed by atoms with E-state index >= 15 is 0 Å². The van der Waals surface area contributed by atoms with E-state index in [9.17, 15) is 0 Å². The summed E-state index contributed by atoms with van der Waals surface area (Å²) in [4.78, 5) is 5.52. The third kappa shape index (κ3) is 5.15. The van der Waals surface area contributed by atoms with Gasteiger partial charge in [0.05, 0.1) is 6.61 Å². The van der Waals surface area contributed by atoms with Crippen molar-refractivity contribution in [1.29, 1.82) is 0 Å². The molecule has 1 atom stereocenters. The molecule has 0 spiro atoms. The minimum Gasteiger partial charge on any atom is -0.297 e. The summed E-state index contributed by atoms with van der Waals surface area (Å²) in [5, 5.41) is 0. The van der Waals surface area contributed by atoms with Crippen molar-refractivity contribution < 1.29 is 4.84 Å². The Hall–Kier alpha value is -1.16. The number of benzene rings is 2. The number of nitrogens with one attached hydrogen (secondary N) is 1. The molecule has 0 radical (unpaired) electrons. The second-order valence-corrected chi connectivity index (χ2v) is 5.54. The predicted octanol–water partition coefficient (Wildman–Crippen LogP) is 4.10. The Bertz CT molecular complexity index is 484. The van der Waals surface area contributed by atoms with Gasteiger partial charge < -0.3 is 0 Å². The molecule has 0 heterocycles. The minimum atomic E-state index is 0.282. The van der Waals surface area contributed by atoms with Gasteiger partial charge in [-0.15, -0.1) is 0 Å². The van der Waals surface area contributed by atoms with Gasteiger partial charge in [-0.2, -0.15) is 5.48 Å². The van der Waals surface area contributed by atoms with Crippen LogP contribution in [0.3, 0.4) is 0 Å². The molecule has 0 aromatic heterocycles. The lowest BCUT2D eigenvalue weighted by atomic mass is 10.1. The molecule has 1 unspecified atom stereocenters. The largest absolute Gasteiger partial charge is 0.297 e. The van der Waals surface area contributed by atoms with Crippen LogP contribution in [-0.2, 0) is 17.9 Å². The van der Waals surface area contributed by atoms with Gasteiger partial charge in [-0.05, 0) is 36.6 Å². The Morgan fingerprint density at radius 1 is 1.00 bits per heavy atom. The summed E-state index contributed by atoms with van der Waals surface area (Å²) in [6.45, 7) is 2.71. The predicted molar refractivity (Wildman–Crippen MR) is 81.7 cm³/mol. The van der Waals surface area contributed by atoms with Crippen LogP contribution in [0.4, 0.5) is 0 Å². The third-order valence-electron chi connectivity index (χ3n) is 2.82. The number of halogens is 1. The Kier molecular flexibility index (Phi) is 5.58. The lowest BCUT2D eigenvalue weighted by Gasteiger charge is -2.14. The summed E-state index contributed by atoms with van der Waals surface area (Å²) in [5.74, 6) is 0. The zero-order valence-corrected chi connectivity index (χ0v) is 12.6. The molecule has 0 amide bonds. The molecule has 2 aromatic rings. The fourth-order valence-electron chi connectivity index (χ4n) is 1.86. The van der Waals surface area contributed by atoms with Gasteiger partial charge in [-0.3, -0.25) is 4.84 Å². The Balaban J connectivity index is 1.73. The summed E-state index contributed by atoms with van der Waals surface area (Å²) in [6, 6.07) is 18.8. The standard InChI is InChI=1S/C16H18BrNO/c1-13(11-14-7-9-16(17)10-8-14)18-19-12-15-5-3-2-4-6-15/h2-10,13,18H,11-12H2,1H3. The summed E-state index contributed by atoms with van der Waals surface area (Å²) >= 11 is 3.44. The number of rotatable bonds is 6. The van der Waals surface area contributed by atoms with Crippen LogP contribution in [0.5, 0.6) is 0 Å². The average molecular weight is 320 g/mol. The van der Waals surface area contributed by atoms with Gasteiger partial charge in [-0.1, -0.05) is 58.4 Å². The van der Waals surface area contributed by atoms with Gasteiger partial charge in [0.25, 0.3) is 0 Å². The SMILES string of the molecule is CC(Cc1ccc(Br)cc1)NOCc1ccccc1. The van der Waals surface area contributed by atoms with E-state index in [1.807, 2.05) is 18.2 Å². The maximum Gasteiger partial charge on any atom is 0.0933 e. The van der Waals surface area contributed by atoms with Crippen molar-refractivity contribution in [2.24, 2.45) is 0 Å². The van der Waals surface area contributed by atoms with Crippen molar-refractivity contribution in [3.63, 3.8) is 0 Å². The molecule has 2 aromatic carbocycles. The normalized spacial score (nSPS) is 12.3. The lowest BCUT2D eigenvalue weighted by Crippen LogP contribution is -2.28. The molecule has 100 valence electrons. The van der Waals surface area contributed by atoms with Crippen LogP contribution in [0.25, 0.3) is 0 Å². The maximum atomic E-state index is 5.52. The third-order valence-corrected chi connectivity index (χ3v) is 3.35. The smallest absolute Gasteiger partial charge is 0.0933 e. The molecule has 0 saturated carbocycles. The van der Waals surface area contributed by atoms with Crippen LogP contribution >= 0.6 is 15.9 Å². The first-order valence-corrected chi connectivity index (χ1v) is 7.19. The molecule has 3 heteroatoms. The monoisotopic (exact) mass is 319 g/mol. The van der Waals surface area contributed by atoms with Crippen molar-refractivity contribution in [3.8, 4) is 0 Å². The van der Waals surface area contributed by atoms with E-state index in [0.29, 0.717) is 6.61 Å². The quantitative estimate of drug-likeness (QED) is 0.809. The summed E-state index contributed by atoms with van der Waals surface area (Å²) in [7, 11) is 0. The fraction of sp³-hybridized carbons (Fsp3) is 0.250. The number of hydrogen-bond donors (Lipinski definition) is 1. The van der Waals surface area contributed by atoms with Crippen LogP contribution in [-0.4, -0.2) is 6.04 Å². The highest BCUT2D eigenvalue weighted by Crippen LogP contribution is 2.12. The minimum absolute atomic E-state index is 0.282. The zero-order chi connectivity index (χ0) is 13.5. The topological polar surface area (TPSA) is 21.3 Å². The molecule has 0 aliphatic heterocycles. The van der Waals surface area contributed by atoms with Gasteiger partial charge in [0, 0.05) is 10.5 Å². The van der Waals surface area contributed by atoms with Crippen LogP contribution in [0, 0.1) is 0 Å². The van der Waals surface area contributed by atoms with Crippen LogP contribution in [0.15, 0.2) is 59.1 Å². The van der Waals surface area contributed by atoms with Gasteiger partial charge >= 0.3 is 0 Å². The first kappa shape index (κ1) is 14.3. The molecule has 2 nitrogen and oxygen atoms in total. The van der Waals surface area contributed by atoms with Crippen molar-refractivity contribution in [2.75, 3.05) is 0 Å². The molecule has 0 bridgehead atoms. The second-order valence-electron chi connectivity index (χ2n) is 4.62. The van der Waals surface area contributed by atoms with E-state index in [1.54, 1.807) is 0 Å². The lowest BCUT2D eigenvalue weighted by molar-refractivity contribution is 0.00763. The van der Waals surface area contributed by atoms with Crippen molar-refractivity contribution in [3.05, 3.63) is 70.2 Å². The maximum absolute atomic E-state index is 5.52. The molecule has 19 heavy (non-hydrogen) atoms. The first-order valence-electron chi connectivity index (χ1n) is 6.40. The Morgan fingerprint density at radius 2 is 1.68 bits per heavy atom. The van der Waals surface area contributed by atoms with E-state index in [-0.39, 0.29) is 6.04 Å². The molecular weight excluding hydrogens is 302 g/mol. The fourth-order valence-corrected chi connectivity index (χ4v) is 2.12. The highest BCUT2D eigenvalue weighted by Gasteiger charge is 2.03. The Morgan fingerprint density at radius 3 is 2.37 bits per heavy atom. The molecule has 0 aliphatic rings. The highest BCUT2D eigenvalue weighted by molar-refractivity contribution is 9.10. The first-order chi connectivity index (χ1) is 9.24. The molecule has 0 saturated heterocycles. The van der Waals surface area contributed by atoms with E-state index in [1.165, 1.54) is 11.1 Å². The zero-order valence-electron chi connectivity index (χ0n) is 11.0. The molecule has 0 fully saturated rings. The summed E-state index contributed by atoms with van der Waals surface area (Å²) in [5.41, 5.74) is 5.55. The molecule has 1 N–H and O–H groups in total. The summed E-state index contributed by atoms with van der Waals surface area (Å²) in [6.07, 6.45) is 0.946.